The lowest BCUT2D eigenvalue weighted by Gasteiger charge is -2.30. The minimum absolute atomic E-state index is 0.0501. The Kier molecular flexibility index (Phi) is 11.0. The summed E-state index contributed by atoms with van der Waals surface area (Å²) in [5.41, 5.74) is 5.60. The molecule has 1 saturated carbocycles. The second kappa shape index (κ2) is 16.3. The monoisotopic (exact) mass is 792 g/mol. The van der Waals surface area contributed by atoms with Gasteiger partial charge in [-0.15, -0.1) is 0 Å². The van der Waals surface area contributed by atoms with Crippen molar-refractivity contribution in [2.75, 3.05) is 33.9 Å². The van der Waals surface area contributed by atoms with Crippen molar-refractivity contribution in [2.24, 2.45) is 11.8 Å². The largest absolute Gasteiger partial charge is 0.453 e. The van der Waals surface area contributed by atoms with Crippen molar-refractivity contribution < 1.29 is 33.4 Å². The average Bonchev–Trinajstić information content (AvgIpc) is 3.87. The average molecular weight is 793 g/mol. The second-order valence-electron chi connectivity index (χ2n) is 16.2. The van der Waals surface area contributed by atoms with Crippen LogP contribution in [-0.2, 0) is 30.4 Å². The molecule has 2 aromatic heterocycles. The normalized spacial score (nSPS) is 23.5. The Morgan fingerprint density at radius 1 is 0.845 bits per heavy atom. The number of ether oxygens (including phenoxy) is 3. The van der Waals surface area contributed by atoms with Crippen LogP contribution in [-0.4, -0.2) is 99.2 Å². The van der Waals surface area contributed by atoms with Gasteiger partial charge < -0.3 is 44.6 Å². The number of H-pyrrole nitrogens is 2. The summed E-state index contributed by atoms with van der Waals surface area (Å²) in [5.74, 6) is 1.19. The predicted molar refractivity (Wildman–Crippen MR) is 214 cm³/mol. The van der Waals surface area contributed by atoms with Gasteiger partial charge in [0.25, 0.3) is 0 Å². The number of hydrogen-bond acceptors (Lipinski definition) is 9. The van der Waals surface area contributed by atoms with Crippen molar-refractivity contribution in [3.8, 4) is 33.6 Å². The second-order valence-corrected chi connectivity index (χ2v) is 16.2. The highest BCUT2D eigenvalue weighted by Gasteiger charge is 2.63. The molecule has 0 spiro atoms. The zero-order chi connectivity index (χ0) is 40.6. The Hall–Kier alpha value is -5.70. The maximum absolute atomic E-state index is 14.1. The summed E-state index contributed by atoms with van der Waals surface area (Å²) >= 11 is 0. The van der Waals surface area contributed by atoms with Crippen molar-refractivity contribution >= 4 is 24.0 Å². The van der Waals surface area contributed by atoms with E-state index in [1.807, 2.05) is 23.6 Å². The number of aromatic amines is 2. The molecule has 58 heavy (non-hydrogen) atoms. The van der Waals surface area contributed by atoms with Crippen molar-refractivity contribution in [3.05, 3.63) is 72.1 Å². The van der Waals surface area contributed by atoms with Crippen LogP contribution in [0.15, 0.2) is 54.7 Å². The maximum atomic E-state index is 14.1. The van der Waals surface area contributed by atoms with E-state index in [2.05, 4.69) is 74.1 Å². The number of nitrogens with zero attached hydrogens (tertiary/aromatic N) is 4. The fourth-order valence-corrected chi connectivity index (χ4v) is 8.98. The predicted octanol–water partition coefficient (Wildman–Crippen LogP) is 6.27. The van der Waals surface area contributed by atoms with E-state index in [4.69, 9.17) is 19.2 Å². The number of carbonyl (C=O) groups excluding carboxylic acids is 4. The van der Waals surface area contributed by atoms with Crippen molar-refractivity contribution in [1.29, 1.82) is 0 Å². The summed E-state index contributed by atoms with van der Waals surface area (Å²) in [4.78, 5) is 72.4. The number of fused-ring (bicyclic) bond motifs is 5. The number of alkyl carbamates (subject to hydrolysis) is 2. The number of nitrogens with one attached hydrogen (secondary N) is 4. The summed E-state index contributed by atoms with van der Waals surface area (Å²) in [6, 6.07) is 15.4. The van der Waals surface area contributed by atoms with Crippen LogP contribution >= 0.6 is 0 Å². The van der Waals surface area contributed by atoms with Gasteiger partial charge in [0.15, 0.2) is 0 Å². The molecule has 4 N–H and O–H groups in total. The first-order chi connectivity index (χ1) is 28.1. The Morgan fingerprint density at radius 2 is 1.52 bits per heavy atom. The molecule has 2 bridgehead atoms. The minimum Gasteiger partial charge on any atom is -0.453 e. The van der Waals surface area contributed by atoms with E-state index in [1.54, 1.807) is 6.20 Å². The molecule has 3 aliphatic heterocycles. The molecule has 4 aliphatic rings. The molecule has 4 aromatic rings. The summed E-state index contributed by atoms with van der Waals surface area (Å²) in [5, 5.41) is 5.59. The van der Waals surface area contributed by atoms with Gasteiger partial charge in [-0.1, -0.05) is 62.4 Å². The first-order valence-electron chi connectivity index (χ1n) is 20.3. The number of methoxy groups -OCH3 is 2. The first-order valence-corrected chi connectivity index (χ1v) is 20.3. The zero-order valence-electron chi connectivity index (χ0n) is 33.5. The first kappa shape index (κ1) is 39.1. The molecule has 3 fully saturated rings. The van der Waals surface area contributed by atoms with Gasteiger partial charge in [0.2, 0.25) is 11.8 Å². The van der Waals surface area contributed by atoms with Crippen LogP contribution in [0.25, 0.3) is 33.6 Å². The SMILES string of the molecule is COC(=O)N[C@H](C(=O)N1CCC[C@H]1c1ncc(-c2ccc(-c3ccc(-c4nc5[nH]c4COCCCC4C[C@@]4(NC(=O)OC)C(=O)N4CCC[C@@H]54)cc3)cc2)[nH]1)C(C)C. The summed E-state index contributed by atoms with van der Waals surface area (Å²) in [7, 11) is 2.61. The topological polar surface area (TPSA) is 184 Å². The molecule has 15 nitrogen and oxygen atoms in total. The Bertz CT molecular complexity index is 2150. The van der Waals surface area contributed by atoms with E-state index in [9.17, 15) is 19.2 Å². The third kappa shape index (κ3) is 7.54. The van der Waals surface area contributed by atoms with E-state index < -0.39 is 23.8 Å². The summed E-state index contributed by atoms with van der Waals surface area (Å²) in [6.07, 6.45) is 5.99. The highest BCUT2D eigenvalue weighted by atomic mass is 16.5. The molecule has 2 saturated heterocycles. The molecule has 0 radical (unpaired) electrons. The number of likely N-dealkylation sites (tertiary alicyclic amines) is 1. The molecule has 306 valence electrons. The van der Waals surface area contributed by atoms with Gasteiger partial charge in [-0.3, -0.25) is 9.59 Å². The molecule has 5 atom stereocenters. The van der Waals surface area contributed by atoms with E-state index >= 15 is 0 Å². The Morgan fingerprint density at radius 3 is 2.22 bits per heavy atom. The number of imidazole rings is 2. The molecule has 8 rings (SSSR count). The summed E-state index contributed by atoms with van der Waals surface area (Å²) < 4.78 is 15.8. The van der Waals surface area contributed by atoms with E-state index in [-0.39, 0.29) is 35.7 Å². The molecule has 15 heteroatoms. The molecule has 4 amide bonds. The minimum atomic E-state index is -0.944. The number of carbonyl (C=O) groups is 4. The fourth-order valence-electron chi connectivity index (χ4n) is 8.98. The molecule has 1 unspecified atom stereocenters. The van der Waals surface area contributed by atoms with Crippen LogP contribution < -0.4 is 10.6 Å². The number of aromatic nitrogens is 4. The summed E-state index contributed by atoms with van der Waals surface area (Å²) in [6.45, 7) is 5.90. The lowest BCUT2D eigenvalue weighted by atomic mass is 10.0. The smallest absolute Gasteiger partial charge is 0.407 e. The van der Waals surface area contributed by atoms with Gasteiger partial charge in [0.05, 0.1) is 56.2 Å². The molecular weight excluding hydrogens is 741 g/mol. The lowest BCUT2D eigenvalue weighted by molar-refractivity contribution is -0.136. The molecule has 5 heterocycles. The van der Waals surface area contributed by atoms with Crippen LogP contribution in [0.1, 0.15) is 88.2 Å². The number of hydrogen-bond donors (Lipinski definition) is 4. The van der Waals surface area contributed by atoms with E-state index in [0.717, 1.165) is 89.5 Å². The molecule has 2 aromatic carbocycles. The van der Waals surface area contributed by atoms with Gasteiger partial charge >= 0.3 is 12.2 Å². The zero-order valence-corrected chi connectivity index (χ0v) is 33.5. The van der Waals surface area contributed by atoms with Crippen molar-refractivity contribution in [2.45, 2.75) is 89.1 Å². The van der Waals surface area contributed by atoms with Crippen LogP contribution in [0.3, 0.4) is 0 Å². The standard InChI is InChI=1S/C43H52N8O7/c1-25(2)35(48-41(54)56-3)39(52)50-19-5-9-33(50)37-44-23-31(45-37)28-15-11-26(12-16-28)27-13-17-29(18-14-27)36-32-24-58-21-7-8-30-22-43(30,49-42(55)57-4)40(53)51-20-6-10-34(51)38(46-32)47-36/h11-18,23,25,30,33-35H,5-10,19-22,24H2,1-4H3,(H,44,45)(H,46,47)(H,48,54)(H,49,55)/t30?,33-,34-,35-,43-/m0/s1. The van der Waals surface area contributed by atoms with E-state index in [0.29, 0.717) is 32.7 Å². The van der Waals surface area contributed by atoms with E-state index in [1.165, 1.54) is 14.2 Å². The number of benzene rings is 2. The van der Waals surface area contributed by atoms with Crippen LogP contribution in [0.5, 0.6) is 0 Å². The van der Waals surface area contributed by atoms with Crippen LogP contribution in [0, 0.1) is 11.8 Å². The van der Waals surface area contributed by atoms with Crippen LogP contribution in [0.2, 0.25) is 0 Å². The highest BCUT2D eigenvalue weighted by Crippen LogP contribution is 2.50. The number of amides is 4. The van der Waals surface area contributed by atoms with Gasteiger partial charge in [-0.25, -0.2) is 19.6 Å². The van der Waals surface area contributed by atoms with Crippen molar-refractivity contribution in [1.82, 2.24) is 40.4 Å². The van der Waals surface area contributed by atoms with Gasteiger partial charge in [-0.2, -0.15) is 0 Å². The van der Waals surface area contributed by atoms with Gasteiger partial charge in [0, 0.05) is 25.3 Å². The lowest BCUT2D eigenvalue weighted by Crippen LogP contribution is -2.52. The third-order valence-electron chi connectivity index (χ3n) is 12.2. The van der Waals surface area contributed by atoms with Gasteiger partial charge in [-0.05, 0) is 73.5 Å². The maximum Gasteiger partial charge on any atom is 0.407 e. The number of rotatable bonds is 8. The Labute approximate surface area is 337 Å². The molecular formula is C43H52N8O7. The van der Waals surface area contributed by atoms with Crippen molar-refractivity contribution in [3.63, 3.8) is 0 Å². The molecule has 1 aliphatic carbocycles. The van der Waals surface area contributed by atoms with Gasteiger partial charge in [0.1, 0.15) is 23.2 Å². The quantitative estimate of drug-likeness (QED) is 0.160. The highest BCUT2D eigenvalue weighted by molar-refractivity contribution is 5.94. The Balaban J connectivity index is 0.973. The third-order valence-corrected chi connectivity index (χ3v) is 12.2. The fraction of sp³-hybridized carbons (Fsp3) is 0.488. The van der Waals surface area contributed by atoms with Crippen LogP contribution in [0.4, 0.5) is 9.59 Å².